The predicted molar refractivity (Wildman–Crippen MR) is 211 cm³/mol. The van der Waals surface area contributed by atoms with E-state index in [1.54, 1.807) is 12.1 Å². The molecule has 0 fully saturated rings. The van der Waals surface area contributed by atoms with Gasteiger partial charge in [0.15, 0.2) is 11.5 Å². The van der Waals surface area contributed by atoms with E-state index < -0.39 is 36.9 Å². The Hall–Kier alpha value is -4.46. The summed E-state index contributed by atoms with van der Waals surface area (Å²) in [5, 5.41) is 58.3. The summed E-state index contributed by atoms with van der Waals surface area (Å²) in [4.78, 5) is 3.26. The van der Waals surface area contributed by atoms with Gasteiger partial charge < -0.3 is 46.3 Å². The van der Waals surface area contributed by atoms with E-state index in [9.17, 15) is 25.5 Å². The molecular weight excluding hydrogens is 679 g/mol. The minimum atomic E-state index is -1.22. The lowest BCUT2D eigenvalue weighted by atomic mass is 9.78. The Bertz CT molecular complexity index is 1790. The number of aromatic nitrogens is 1. The fourth-order valence-electron chi connectivity index (χ4n) is 8.40. The zero-order valence-corrected chi connectivity index (χ0v) is 31.2. The van der Waals surface area contributed by atoms with Gasteiger partial charge in [0.1, 0.15) is 12.2 Å². The topological polar surface area (TPSA) is 164 Å². The second-order valence-corrected chi connectivity index (χ2v) is 15.5. The normalized spacial score (nSPS) is 26.6. The molecule has 2 heterocycles. The highest BCUT2D eigenvalue weighted by atomic mass is 16.5. The molecule has 10 atom stereocenters. The van der Waals surface area contributed by atoms with Gasteiger partial charge in [-0.15, -0.1) is 0 Å². The summed E-state index contributed by atoms with van der Waals surface area (Å²) in [6.07, 6.45) is 12.1. The Morgan fingerprint density at radius 3 is 2.54 bits per heavy atom. The fourth-order valence-corrected chi connectivity index (χ4v) is 8.40. The van der Waals surface area contributed by atoms with Crippen LogP contribution in [0.25, 0.3) is 0 Å². The first kappa shape index (κ1) is 39.2. The van der Waals surface area contributed by atoms with Gasteiger partial charge in [-0.1, -0.05) is 86.2 Å². The number of nitrogens with two attached hydrogens (primary N) is 1. The van der Waals surface area contributed by atoms with Crippen LogP contribution >= 0.6 is 0 Å². The minimum absolute atomic E-state index is 0.0933. The van der Waals surface area contributed by atoms with Crippen molar-refractivity contribution in [3.63, 3.8) is 0 Å². The van der Waals surface area contributed by atoms with Gasteiger partial charge in [-0.25, -0.2) is 0 Å². The van der Waals surface area contributed by atoms with Gasteiger partial charge >= 0.3 is 0 Å². The van der Waals surface area contributed by atoms with E-state index >= 15 is 0 Å². The van der Waals surface area contributed by atoms with Crippen molar-refractivity contribution < 1.29 is 30.3 Å². The number of phenols is 1. The molecule has 54 heavy (non-hydrogen) atoms. The third-order valence-electron chi connectivity index (χ3n) is 11.5. The fraction of sp³-hybridized carbons (Fsp3) is 0.467. The number of ether oxygens (including phenoxy) is 1. The van der Waals surface area contributed by atoms with Gasteiger partial charge in [0.25, 0.3) is 0 Å². The van der Waals surface area contributed by atoms with E-state index in [4.69, 9.17) is 10.5 Å². The number of aliphatic hydroxyl groups excluding tert-OH is 4. The largest absolute Gasteiger partial charge is 0.504 e. The number of hydrogen-bond donors (Lipinski definition) is 8. The number of dihydropyridines is 1. The molecular formula is C45H57N3O6. The molecule has 9 N–H and O–H groups in total. The average Bonchev–Trinajstić information content (AvgIpc) is 3.63. The number of allylic oxidation sites excluding steroid dienone is 4. The Morgan fingerprint density at radius 1 is 0.963 bits per heavy atom. The molecule has 9 heteroatoms. The number of benzene rings is 2. The Balaban J connectivity index is 1.23. The summed E-state index contributed by atoms with van der Waals surface area (Å²) in [5.74, 6) is 7.25. The maximum absolute atomic E-state index is 11.7. The number of phenolic OH excluding ortho intramolecular Hbond substituents is 1. The molecule has 2 aliphatic carbocycles. The van der Waals surface area contributed by atoms with Crippen LogP contribution in [0.1, 0.15) is 68.2 Å². The summed E-state index contributed by atoms with van der Waals surface area (Å²) in [5.41, 5.74) is 10.3. The summed E-state index contributed by atoms with van der Waals surface area (Å²) in [6.45, 7) is 2.33. The second-order valence-electron chi connectivity index (χ2n) is 15.5. The minimum Gasteiger partial charge on any atom is -0.504 e. The number of H-pyrrole nitrogens is 1. The zero-order chi connectivity index (χ0) is 38.0. The molecule has 0 amide bonds. The Kier molecular flexibility index (Phi) is 13.6. The first-order valence-corrected chi connectivity index (χ1v) is 19.6. The smallest absolute Gasteiger partial charge is 0.161 e. The van der Waals surface area contributed by atoms with E-state index in [2.05, 4.69) is 65.5 Å². The van der Waals surface area contributed by atoms with E-state index in [1.165, 1.54) is 5.56 Å². The van der Waals surface area contributed by atoms with E-state index in [-0.39, 0.29) is 35.2 Å². The third-order valence-corrected chi connectivity index (χ3v) is 11.5. The van der Waals surface area contributed by atoms with Crippen LogP contribution in [0.15, 0.2) is 103 Å². The molecule has 0 radical (unpaired) electrons. The number of fused-ring (bicyclic) bond motifs is 1. The van der Waals surface area contributed by atoms with Crippen molar-refractivity contribution in [3.8, 4) is 23.3 Å². The average molecular weight is 736 g/mol. The maximum Gasteiger partial charge on any atom is 0.161 e. The van der Waals surface area contributed by atoms with Crippen LogP contribution in [0.2, 0.25) is 0 Å². The molecule has 0 unspecified atom stereocenters. The Morgan fingerprint density at radius 2 is 1.78 bits per heavy atom. The summed E-state index contributed by atoms with van der Waals surface area (Å²) in [7, 11) is 0. The van der Waals surface area contributed by atoms with Crippen LogP contribution in [-0.4, -0.2) is 68.1 Å². The second kappa shape index (κ2) is 18.7. The zero-order valence-electron chi connectivity index (χ0n) is 31.2. The molecule has 0 saturated carbocycles. The highest BCUT2D eigenvalue weighted by Gasteiger charge is 2.37. The van der Waals surface area contributed by atoms with Crippen LogP contribution in [0.3, 0.4) is 0 Å². The number of hydrogen-bond acceptors (Lipinski definition) is 8. The molecule has 1 aliphatic heterocycles. The molecule has 288 valence electrons. The first-order valence-electron chi connectivity index (χ1n) is 19.6. The quantitative estimate of drug-likeness (QED) is 0.0847. The van der Waals surface area contributed by atoms with Gasteiger partial charge in [-0.3, -0.25) is 0 Å². The molecule has 6 rings (SSSR count). The Labute approximate surface area is 319 Å². The van der Waals surface area contributed by atoms with Crippen molar-refractivity contribution in [3.05, 3.63) is 119 Å². The van der Waals surface area contributed by atoms with Gasteiger partial charge in [-0.05, 0) is 97.4 Å². The lowest BCUT2D eigenvalue weighted by Crippen LogP contribution is -2.37. The van der Waals surface area contributed by atoms with Crippen LogP contribution in [-0.2, 0) is 12.8 Å². The van der Waals surface area contributed by atoms with Crippen molar-refractivity contribution in [2.45, 2.75) is 88.6 Å². The third kappa shape index (κ3) is 10.2. The van der Waals surface area contributed by atoms with E-state index in [0.29, 0.717) is 44.0 Å². The number of aliphatic hydroxyl groups is 4. The van der Waals surface area contributed by atoms with Crippen molar-refractivity contribution in [2.24, 2.45) is 35.3 Å². The monoisotopic (exact) mass is 735 g/mol. The summed E-state index contributed by atoms with van der Waals surface area (Å²) >= 11 is 0. The first-order chi connectivity index (χ1) is 26.2. The number of aromatic hydroxyl groups is 1. The molecule has 3 aliphatic rings. The standard InChI is InChI=1S/C45H57N3O6/c1-29(22-30-8-3-2-4-9-30)31-10-5-6-12-39(51)45-32(14-13-31)15-16-33(24-40(45)52)34-17-18-38(50)42(25-34)54-43(41(53)28-49)26-36(23-37-11-7-20-47-37)35-19-21-48-44(46)27-35/h2-4,7-9,11,15-20,25,27,29,31-33,36,39-41,43,45,47-53H,5-6,10,12,21-24,26,28,46H2,1H3/t29-,31+,32-,33+,36+,39+,40-,41-,43-,45-/m1/s1. The molecule has 0 bridgehead atoms. The van der Waals surface area contributed by atoms with E-state index in [1.807, 2.05) is 42.6 Å². The van der Waals surface area contributed by atoms with Gasteiger partial charge in [0.05, 0.1) is 24.6 Å². The summed E-state index contributed by atoms with van der Waals surface area (Å²) < 4.78 is 6.39. The van der Waals surface area contributed by atoms with Crippen molar-refractivity contribution in [1.29, 1.82) is 0 Å². The van der Waals surface area contributed by atoms with Crippen molar-refractivity contribution >= 4 is 0 Å². The molecule has 0 spiro atoms. The summed E-state index contributed by atoms with van der Waals surface area (Å²) in [6, 6.07) is 19.6. The SMILES string of the molecule is C[C@H](Cc1ccccc1)[C@@H]1C#C[C@@H]2C=C[C@H](c3ccc(O)c(O[C@H](C[C@H](Cc4ccc[nH]4)C4=CCNC(N)=C4)[C@H](O)CO)c3)C[C@@H](O)[C@H]2[C@@H](O)CCCC1. The lowest BCUT2D eigenvalue weighted by molar-refractivity contribution is -0.0105. The highest BCUT2D eigenvalue weighted by molar-refractivity contribution is 5.44. The molecule has 2 aromatic carbocycles. The molecule has 0 saturated heterocycles. The predicted octanol–water partition coefficient (Wildman–Crippen LogP) is 5.47. The van der Waals surface area contributed by atoms with Gasteiger partial charge in [-0.2, -0.15) is 0 Å². The van der Waals surface area contributed by atoms with Crippen molar-refractivity contribution in [1.82, 2.24) is 10.3 Å². The number of aromatic amines is 1. The molecule has 9 nitrogen and oxygen atoms in total. The van der Waals surface area contributed by atoms with Gasteiger partial charge in [0, 0.05) is 42.1 Å². The van der Waals surface area contributed by atoms with Crippen LogP contribution in [0.4, 0.5) is 0 Å². The highest BCUT2D eigenvalue weighted by Crippen LogP contribution is 2.40. The van der Waals surface area contributed by atoms with Gasteiger partial charge in [0.2, 0.25) is 0 Å². The molecule has 3 aromatic rings. The van der Waals surface area contributed by atoms with Crippen LogP contribution < -0.4 is 15.8 Å². The van der Waals surface area contributed by atoms with Crippen molar-refractivity contribution in [2.75, 3.05) is 13.2 Å². The van der Waals surface area contributed by atoms with E-state index in [0.717, 1.165) is 42.5 Å². The maximum atomic E-state index is 11.7. The number of nitrogens with one attached hydrogen (secondary N) is 2. The number of rotatable bonds is 13. The van der Waals surface area contributed by atoms with Crippen LogP contribution in [0, 0.1) is 41.4 Å². The lowest BCUT2D eigenvalue weighted by Gasteiger charge is -2.31. The molecule has 1 aromatic heterocycles. The van der Waals surface area contributed by atoms with Crippen LogP contribution in [0.5, 0.6) is 11.5 Å².